The molecule has 11 heteroatoms. The van der Waals surface area contributed by atoms with Crippen molar-refractivity contribution in [2.45, 2.75) is 12.9 Å². The topological polar surface area (TPSA) is 102 Å². The summed E-state index contributed by atoms with van der Waals surface area (Å²) in [6.07, 6.45) is -3.33. The van der Waals surface area contributed by atoms with Gasteiger partial charge in [-0.05, 0) is 54.1 Å². The molecule has 0 unspecified atom stereocenters. The van der Waals surface area contributed by atoms with Crippen molar-refractivity contribution < 1.29 is 27.1 Å². The molecule has 1 aromatic heterocycles. The van der Waals surface area contributed by atoms with E-state index < -0.39 is 6.36 Å². The molecule has 0 aliphatic heterocycles. The molecule has 31 heavy (non-hydrogen) atoms. The van der Waals surface area contributed by atoms with Crippen molar-refractivity contribution in [1.82, 2.24) is 0 Å². The monoisotopic (exact) mass is 546 g/mol. The minimum atomic E-state index is -4.74. The van der Waals surface area contributed by atoms with Gasteiger partial charge in [-0.3, -0.25) is 4.79 Å². The van der Waals surface area contributed by atoms with Crippen LogP contribution in [0.2, 0.25) is 0 Å². The number of benzene rings is 2. The summed E-state index contributed by atoms with van der Waals surface area (Å²) in [5.41, 5.74) is 7.70. The van der Waals surface area contributed by atoms with Gasteiger partial charge in [0.05, 0.1) is 12.8 Å². The molecule has 0 saturated heterocycles. The average Bonchev–Trinajstić information content (AvgIpc) is 3.23. The highest BCUT2D eigenvalue weighted by atomic mass is 127. The van der Waals surface area contributed by atoms with Crippen LogP contribution in [-0.4, -0.2) is 18.2 Å². The second-order valence-electron chi connectivity index (χ2n) is 6.03. The molecule has 0 radical (unpaired) electrons. The zero-order chi connectivity index (χ0) is 21.6. The number of alkyl halides is 3. The van der Waals surface area contributed by atoms with Gasteiger partial charge in [-0.15, -0.1) is 37.1 Å². The van der Waals surface area contributed by atoms with E-state index in [9.17, 15) is 18.0 Å². The van der Waals surface area contributed by atoms with Crippen LogP contribution in [0.1, 0.15) is 16.1 Å². The summed E-state index contributed by atoms with van der Waals surface area (Å²) in [6.45, 7) is 0.264. The minimum Gasteiger partial charge on any atom is -0.459 e. The van der Waals surface area contributed by atoms with Crippen molar-refractivity contribution >= 4 is 47.2 Å². The molecule has 0 spiro atoms. The summed E-state index contributed by atoms with van der Waals surface area (Å²) < 4.78 is 45.3. The second-order valence-corrected chi connectivity index (χ2v) is 6.03. The summed E-state index contributed by atoms with van der Waals surface area (Å²) in [5.74, 6) is -0.385. The summed E-state index contributed by atoms with van der Waals surface area (Å²) in [7, 11) is 0. The zero-order valence-electron chi connectivity index (χ0n) is 15.8. The number of halogens is 4. The Bertz CT molecular complexity index is 1010. The third-order valence-corrected chi connectivity index (χ3v) is 3.75. The standard InChI is InChI=1S/C20H17F3N4O3.HI/c21-20(22,23)30-16-9-7-15(8-10-16)27-19(24)25-12-13-3-5-14(6-4-13)26-18(28)17-2-1-11-29-17;/h1-11H,12H2,(H,26,28)(H3,24,25,27);1H. The molecule has 0 aliphatic carbocycles. The Hall–Kier alpha value is -3.22. The summed E-state index contributed by atoms with van der Waals surface area (Å²) in [5, 5.41) is 5.48. The molecule has 0 bridgehead atoms. The molecule has 0 fully saturated rings. The lowest BCUT2D eigenvalue weighted by Crippen LogP contribution is -2.22. The van der Waals surface area contributed by atoms with Crippen molar-refractivity contribution in [2.24, 2.45) is 10.7 Å². The lowest BCUT2D eigenvalue weighted by molar-refractivity contribution is -0.274. The van der Waals surface area contributed by atoms with E-state index >= 15 is 0 Å². The van der Waals surface area contributed by atoms with Crippen LogP contribution >= 0.6 is 24.0 Å². The van der Waals surface area contributed by atoms with Gasteiger partial charge in [0.15, 0.2) is 11.7 Å². The highest BCUT2D eigenvalue weighted by Gasteiger charge is 2.30. The number of hydrogen-bond acceptors (Lipinski definition) is 4. The quantitative estimate of drug-likeness (QED) is 0.230. The molecule has 7 nitrogen and oxygen atoms in total. The minimum absolute atomic E-state index is 0. The number of hydrogen-bond donors (Lipinski definition) is 3. The lowest BCUT2D eigenvalue weighted by Gasteiger charge is -2.10. The molecule has 1 heterocycles. The highest BCUT2D eigenvalue weighted by Crippen LogP contribution is 2.23. The van der Waals surface area contributed by atoms with Gasteiger partial charge in [-0.2, -0.15) is 0 Å². The third kappa shape index (κ3) is 7.85. The van der Waals surface area contributed by atoms with Gasteiger partial charge in [0.2, 0.25) is 0 Å². The summed E-state index contributed by atoms with van der Waals surface area (Å²) >= 11 is 0. The Balaban J connectivity index is 0.00000341. The van der Waals surface area contributed by atoms with Crippen molar-refractivity contribution in [1.29, 1.82) is 0 Å². The molecule has 1 amide bonds. The van der Waals surface area contributed by atoms with Crippen molar-refractivity contribution in [3.63, 3.8) is 0 Å². The van der Waals surface area contributed by atoms with Crippen LogP contribution in [0.5, 0.6) is 5.75 Å². The number of furan rings is 1. The van der Waals surface area contributed by atoms with Gasteiger partial charge in [0.1, 0.15) is 5.75 Å². The van der Waals surface area contributed by atoms with E-state index in [4.69, 9.17) is 10.2 Å². The largest absolute Gasteiger partial charge is 0.573 e. The number of ether oxygens (including phenoxy) is 1. The van der Waals surface area contributed by atoms with Gasteiger partial charge in [0, 0.05) is 11.4 Å². The molecular formula is C20H18F3IN4O3. The molecule has 3 aromatic rings. The first-order valence-electron chi connectivity index (χ1n) is 8.65. The first kappa shape index (κ1) is 24.1. The summed E-state index contributed by atoms with van der Waals surface area (Å²) in [4.78, 5) is 16.1. The number of amides is 1. The predicted octanol–water partition coefficient (Wildman–Crippen LogP) is 4.98. The Labute approximate surface area is 192 Å². The lowest BCUT2D eigenvalue weighted by atomic mass is 10.2. The fraction of sp³-hybridized carbons (Fsp3) is 0.100. The van der Waals surface area contributed by atoms with Crippen molar-refractivity contribution in [3.8, 4) is 5.75 Å². The Morgan fingerprint density at radius 2 is 1.61 bits per heavy atom. The number of nitrogens with one attached hydrogen (secondary N) is 2. The number of guanidine groups is 1. The Morgan fingerprint density at radius 3 is 2.19 bits per heavy atom. The average molecular weight is 546 g/mol. The fourth-order valence-corrected chi connectivity index (χ4v) is 2.40. The maximum absolute atomic E-state index is 12.2. The third-order valence-electron chi connectivity index (χ3n) is 3.75. The van der Waals surface area contributed by atoms with Crippen LogP contribution in [0, 0.1) is 0 Å². The van der Waals surface area contributed by atoms with Crippen LogP contribution in [-0.2, 0) is 6.54 Å². The van der Waals surface area contributed by atoms with E-state index in [1.807, 2.05) is 0 Å². The normalized spacial score (nSPS) is 11.4. The van der Waals surface area contributed by atoms with E-state index in [0.29, 0.717) is 11.4 Å². The Morgan fingerprint density at radius 1 is 1.00 bits per heavy atom. The van der Waals surface area contributed by atoms with Gasteiger partial charge >= 0.3 is 6.36 Å². The summed E-state index contributed by atoms with van der Waals surface area (Å²) in [6, 6.07) is 15.3. The zero-order valence-corrected chi connectivity index (χ0v) is 18.2. The van der Waals surface area contributed by atoms with Gasteiger partial charge < -0.3 is 25.5 Å². The first-order chi connectivity index (χ1) is 14.3. The van der Waals surface area contributed by atoms with E-state index in [-0.39, 0.29) is 53.9 Å². The molecule has 0 saturated carbocycles. The van der Waals surface area contributed by atoms with Crippen LogP contribution in [0.25, 0.3) is 0 Å². The number of rotatable bonds is 6. The maximum Gasteiger partial charge on any atom is 0.573 e. The smallest absolute Gasteiger partial charge is 0.459 e. The number of carbonyl (C=O) groups excluding carboxylic acids is 1. The molecule has 4 N–H and O–H groups in total. The van der Waals surface area contributed by atoms with Crippen molar-refractivity contribution in [2.75, 3.05) is 10.6 Å². The Kier molecular flexibility index (Phi) is 8.30. The van der Waals surface area contributed by atoms with Gasteiger partial charge in [0.25, 0.3) is 5.91 Å². The first-order valence-corrected chi connectivity index (χ1v) is 8.65. The number of nitrogens with zero attached hydrogens (tertiary/aromatic N) is 1. The molecule has 164 valence electrons. The highest BCUT2D eigenvalue weighted by molar-refractivity contribution is 14.0. The van der Waals surface area contributed by atoms with Gasteiger partial charge in [-0.25, -0.2) is 4.99 Å². The van der Waals surface area contributed by atoms with Crippen LogP contribution in [0.15, 0.2) is 76.3 Å². The van der Waals surface area contributed by atoms with E-state index in [1.54, 1.807) is 36.4 Å². The van der Waals surface area contributed by atoms with Crippen molar-refractivity contribution in [3.05, 3.63) is 78.3 Å². The molecule has 0 aliphatic rings. The van der Waals surface area contributed by atoms with E-state index in [0.717, 1.165) is 5.56 Å². The second kappa shape index (κ2) is 10.7. The maximum atomic E-state index is 12.2. The van der Waals surface area contributed by atoms with Gasteiger partial charge in [-0.1, -0.05) is 12.1 Å². The number of aliphatic imine (C=N–C) groups is 1. The fourth-order valence-electron chi connectivity index (χ4n) is 2.40. The molecule has 3 rings (SSSR count). The number of nitrogens with two attached hydrogens (primary N) is 1. The van der Waals surface area contributed by atoms with E-state index in [2.05, 4.69) is 20.4 Å². The van der Waals surface area contributed by atoms with Crippen LogP contribution in [0.4, 0.5) is 24.5 Å². The SMILES string of the molecule is I.NC(=NCc1ccc(NC(=O)c2ccco2)cc1)Nc1ccc(OC(F)(F)F)cc1. The van der Waals surface area contributed by atoms with Crippen LogP contribution in [0.3, 0.4) is 0 Å². The van der Waals surface area contributed by atoms with E-state index in [1.165, 1.54) is 30.5 Å². The predicted molar refractivity (Wildman–Crippen MR) is 121 cm³/mol. The molecule has 0 atom stereocenters. The number of carbonyl (C=O) groups is 1. The van der Waals surface area contributed by atoms with Crippen LogP contribution < -0.4 is 21.1 Å². The molecule has 2 aromatic carbocycles. The number of anilines is 2. The molecular weight excluding hydrogens is 528 g/mol.